The van der Waals surface area contributed by atoms with E-state index in [0.717, 1.165) is 12.8 Å². The zero-order valence-electron chi connectivity index (χ0n) is 17.1. The van der Waals surface area contributed by atoms with Crippen molar-refractivity contribution in [1.29, 1.82) is 0 Å². The summed E-state index contributed by atoms with van der Waals surface area (Å²) >= 11 is 0. The average molecular weight is 419 g/mol. The van der Waals surface area contributed by atoms with Crippen LogP contribution in [0.25, 0.3) is 0 Å². The molecule has 0 aliphatic rings. The third-order valence-corrected chi connectivity index (χ3v) is 5.66. The Morgan fingerprint density at radius 1 is 1.00 bits per heavy atom. The lowest BCUT2D eigenvalue weighted by atomic mass is 10.1. The van der Waals surface area contributed by atoms with Gasteiger partial charge in [0.05, 0.1) is 11.9 Å². The van der Waals surface area contributed by atoms with E-state index in [2.05, 4.69) is 6.92 Å². The van der Waals surface area contributed by atoms with Crippen LogP contribution >= 0.6 is 7.60 Å². The number of hydrogen-bond donors (Lipinski definition) is 2. The summed E-state index contributed by atoms with van der Waals surface area (Å²) in [6.07, 6.45) is 7.10. The molecule has 0 aromatic heterocycles. The number of amides is 1. The molecule has 2 N–H and O–H groups in total. The maximum Gasteiger partial charge on any atom is 0.356 e. The van der Waals surface area contributed by atoms with Crippen molar-refractivity contribution in [1.82, 2.24) is 0 Å². The first kappa shape index (κ1) is 23.1. The van der Waals surface area contributed by atoms with Crippen molar-refractivity contribution in [2.75, 3.05) is 18.6 Å². The van der Waals surface area contributed by atoms with Gasteiger partial charge in [0.25, 0.3) is 5.91 Å². The van der Waals surface area contributed by atoms with E-state index in [4.69, 9.17) is 4.74 Å². The summed E-state index contributed by atoms with van der Waals surface area (Å²) in [7, 11) is -2.80. The molecule has 0 aliphatic carbocycles. The summed E-state index contributed by atoms with van der Waals surface area (Å²) < 4.78 is 17.2. The first-order chi connectivity index (χ1) is 13.8. The Kier molecular flexibility index (Phi) is 8.90. The lowest BCUT2D eigenvalue weighted by Gasteiger charge is -2.19. The van der Waals surface area contributed by atoms with Crippen LogP contribution in [0.3, 0.4) is 0 Å². The number of unbranched alkanes of at least 4 members (excludes halogenated alkanes) is 5. The lowest BCUT2D eigenvalue weighted by Crippen LogP contribution is -2.27. The van der Waals surface area contributed by atoms with Crippen molar-refractivity contribution in [2.45, 2.75) is 45.4 Å². The summed E-state index contributed by atoms with van der Waals surface area (Å²) in [5.74, 6) is 0.361. The molecule has 2 rings (SSSR count). The van der Waals surface area contributed by atoms with Crippen LogP contribution in [-0.4, -0.2) is 29.3 Å². The molecule has 0 radical (unpaired) electrons. The van der Waals surface area contributed by atoms with Gasteiger partial charge in [0, 0.05) is 18.3 Å². The van der Waals surface area contributed by atoms with Gasteiger partial charge in [-0.15, -0.1) is 0 Å². The third kappa shape index (κ3) is 7.32. The largest absolute Gasteiger partial charge is 0.494 e. The van der Waals surface area contributed by atoms with Gasteiger partial charge in [-0.25, -0.2) is 0 Å². The van der Waals surface area contributed by atoms with Crippen LogP contribution < -0.4 is 14.9 Å². The molecule has 0 fully saturated rings. The zero-order chi connectivity index (χ0) is 21.3. The molecule has 0 spiro atoms. The SMILES string of the molecule is CCCCCCCCOc1cccc(C(=O)N(C)c2cccc(P(=O)(O)O)c2)c1. The highest BCUT2D eigenvalue weighted by Gasteiger charge is 2.20. The highest BCUT2D eigenvalue weighted by Crippen LogP contribution is 2.34. The summed E-state index contributed by atoms with van der Waals surface area (Å²) in [5, 5.41) is -0.120. The first-order valence-corrected chi connectivity index (χ1v) is 11.6. The molecule has 2 aromatic carbocycles. The number of ether oxygens (including phenoxy) is 1. The van der Waals surface area contributed by atoms with E-state index in [1.54, 1.807) is 31.3 Å². The average Bonchev–Trinajstić information content (AvgIpc) is 2.71. The maximum absolute atomic E-state index is 12.8. The van der Waals surface area contributed by atoms with Crippen LogP contribution in [-0.2, 0) is 4.57 Å². The van der Waals surface area contributed by atoms with E-state index in [1.807, 2.05) is 6.07 Å². The molecule has 158 valence electrons. The summed E-state index contributed by atoms with van der Waals surface area (Å²) in [6, 6.07) is 12.8. The van der Waals surface area contributed by atoms with Crippen LogP contribution in [0.15, 0.2) is 48.5 Å². The van der Waals surface area contributed by atoms with Crippen molar-refractivity contribution >= 4 is 24.5 Å². The van der Waals surface area contributed by atoms with E-state index in [9.17, 15) is 19.1 Å². The molecule has 0 bridgehead atoms. The van der Waals surface area contributed by atoms with Crippen LogP contribution in [0.5, 0.6) is 5.75 Å². The molecule has 0 heterocycles. The Hall–Kier alpha value is -2.14. The van der Waals surface area contributed by atoms with Gasteiger partial charge in [-0.3, -0.25) is 9.36 Å². The molecule has 0 saturated heterocycles. The minimum atomic E-state index is -4.38. The Bertz CT molecular complexity index is 849. The molecule has 0 saturated carbocycles. The minimum Gasteiger partial charge on any atom is -0.494 e. The van der Waals surface area contributed by atoms with Gasteiger partial charge in [0.1, 0.15) is 5.75 Å². The predicted molar refractivity (Wildman–Crippen MR) is 116 cm³/mol. The zero-order valence-corrected chi connectivity index (χ0v) is 18.0. The second-order valence-electron chi connectivity index (χ2n) is 7.07. The Morgan fingerprint density at radius 2 is 1.69 bits per heavy atom. The fraction of sp³-hybridized carbons (Fsp3) is 0.409. The fourth-order valence-corrected chi connectivity index (χ4v) is 3.57. The Balaban J connectivity index is 1.97. The third-order valence-electron chi connectivity index (χ3n) is 4.71. The molecular weight excluding hydrogens is 389 g/mol. The molecule has 0 atom stereocenters. The number of hydrogen-bond acceptors (Lipinski definition) is 3. The van der Waals surface area contributed by atoms with Crippen LogP contribution in [0.1, 0.15) is 55.8 Å². The molecule has 2 aromatic rings. The van der Waals surface area contributed by atoms with Gasteiger partial charge in [0.15, 0.2) is 0 Å². The molecule has 29 heavy (non-hydrogen) atoms. The second-order valence-corrected chi connectivity index (χ2v) is 8.68. The van der Waals surface area contributed by atoms with Gasteiger partial charge < -0.3 is 19.4 Å². The van der Waals surface area contributed by atoms with Gasteiger partial charge in [-0.05, 0) is 42.8 Å². The van der Waals surface area contributed by atoms with E-state index in [0.29, 0.717) is 23.6 Å². The van der Waals surface area contributed by atoms with Crippen molar-refractivity contribution < 1.29 is 23.9 Å². The normalized spacial score (nSPS) is 11.3. The van der Waals surface area contributed by atoms with Crippen molar-refractivity contribution in [2.24, 2.45) is 0 Å². The van der Waals surface area contributed by atoms with Gasteiger partial charge in [0.2, 0.25) is 0 Å². The summed E-state index contributed by atoms with van der Waals surface area (Å²) in [5.41, 5.74) is 0.865. The maximum atomic E-state index is 12.8. The van der Waals surface area contributed by atoms with Crippen LogP contribution in [0.2, 0.25) is 0 Å². The highest BCUT2D eigenvalue weighted by atomic mass is 31.2. The van der Waals surface area contributed by atoms with E-state index in [1.165, 1.54) is 48.8 Å². The number of carbonyl (C=O) groups is 1. The van der Waals surface area contributed by atoms with Gasteiger partial charge >= 0.3 is 7.60 Å². The number of rotatable bonds is 11. The van der Waals surface area contributed by atoms with Gasteiger partial charge in [-0.2, -0.15) is 0 Å². The monoisotopic (exact) mass is 419 g/mol. The van der Waals surface area contributed by atoms with Crippen molar-refractivity contribution in [3.63, 3.8) is 0 Å². The van der Waals surface area contributed by atoms with E-state index < -0.39 is 7.60 Å². The fourth-order valence-electron chi connectivity index (χ4n) is 2.99. The molecule has 6 nitrogen and oxygen atoms in total. The van der Waals surface area contributed by atoms with E-state index in [-0.39, 0.29) is 11.2 Å². The minimum absolute atomic E-state index is 0.120. The number of nitrogens with zero attached hydrogens (tertiary/aromatic N) is 1. The Morgan fingerprint density at radius 3 is 2.41 bits per heavy atom. The van der Waals surface area contributed by atoms with Crippen molar-refractivity contribution in [3.05, 3.63) is 54.1 Å². The molecule has 7 heteroatoms. The molecular formula is C22H30NO5P. The smallest absolute Gasteiger partial charge is 0.356 e. The number of benzene rings is 2. The standard InChI is InChI=1S/C22H30NO5P/c1-3-4-5-6-7-8-15-28-20-13-9-11-18(16-20)22(24)23(2)19-12-10-14-21(17-19)29(25,26)27/h9-14,16-17H,3-8,15H2,1-2H3,(H2,25,26,27). The predicted octanol–water partition coefficient (Wildman–Crippen LogP) is 4.51. The van der Waals surface area contributed by atoms with Crippen LogP contribution in [0.4, 0.5) is 5.69 Å². The summed E-state index contributed by atoms with van der Waals surface area (Å²) in [4.78, 5) is 32.9. The number of anilines is 1. The van der Waals surface area contributed by atoms with Gasteiger partial charge in [-0.1, -0.05) is 51.2 Å². The topological polar surface area (TPSA) is 87.1 Å². The highest BCUT2D eigenvalue weighted by molar-refractivity contribution is 7.60. The second kappa shape index (κ2) is 11.1. The Labute approximate surface area is 172 Å². The molecule has 1 amide bonds. The molecule has 0 unspecified atom stereocenters. The van der Waals surface area contributed by atoms with Crippen LogP contribution in [0, 0.1) is 0 Å². The first-order valence-electron chi connectivity index (χ1n) is 10.00. The van der Waals surface area contributed by atoms with Crippen molar-refractivity contribution in [3.8, 4) is 5.75 Å². The molecule has 0 aliphatic heterocycles. The van der Waals surface area contributed by atoms with E-state index >= 15 is 0 Å². The lowest BCUT2D eigenvalue weighted by molar-refractivity contribution is 0.0992. The quantitative estimate of drug-likeness (QED) is 0.413. The summed E-state index contributed by atoms with van der Waals surface area (Å²) in [6.45, 7) is 2.81. The number of carbonyl (C=O) groups excluding carboxylic acids is 1.